The molecule has 5 nitrogen and oxygen atoms in total. The Bertz CT molecular complexity index is 691. The number of anilines is 1. The van der Waals surface area contributed by atoms with Crippen LogP contribution < -0.4 is 5.73 Å². The van der Waals surface area contributed by atoms with E-state index in [0.717, 1.165) is 0 Å². The van der Waals surface area contributed by atoms with Gasteiger partial charge in [0.15, 0.2) is 0 Å². The first kappa shape index (κ1) is 14.5. The van der Waals surface area contributed by atoms with Gasteiger partial charge in [0.25, 0.3) is 5.69 Å². The normalized spacial score (nSPS) is 12.1. The number of hydrogen-bond acceptors (Lipinski definition) is 4. The Morgan fingerprint density at radius 1 is 1.25 bits per heavy atom. The van der Waals surface area contributed by atoms with Crippen molar-refractivity contribution in [2.24, 2.45) is 0 Å². The summed E-state index contributed by atoms with van der Waals surface area (Å²) in [4.78, 5) is 11.0. The lowest BCUT2D eigenvalue weighted by molar-refractivity contribution is -0.385. The second-order valence-electron chi connectivity index (χ2n) is 4.06. The highest BCUT2D eigenvalue weighted by Gasteiger charge is 2.19. The van der Waals surface area contributed by atoms with E-state index in [-0.39, 0.29) is 22.0 Å². The number of nitrogen functional groups attached to an aromatic ring is 1. The Kier molecular flexibility index (Phi) is 4.36. The highest BCUT2D eigenvalue weighted by atomic mass is 35.5. The topological polar surface area (TPSA) is 86.2 Å². The van der Waals surface area contributed by atoms with Gasteiger partial charge >= 0.3 is 0 Å². The van der Waals surface area contributed by atoms with Gasteiger partial charge in [-0.2, -0.15) is 0 Å². The number of nitro groups is 1. The smallest absolute Gasteiger partial charge is 0.275 e. The summed E-state index contributed by atoms with van der Waals surface area (Å²) >= 11 is 5.97. The minimum atomic E-state index is -1.45. The first-order chi connectivity index (χ1) is 9.49. The maximum absolute atomic E-state index is 12.3. The molecule has 0 aliphatic rings. The molecule has 2 rings (SSSR count). The molecule has 0 fully saturated rings. The summed E-state index contributed by atoms with van der Waals surface area (Å²) in [5, 5.41) is 11.2. The van der Waals surface area contributed by atoms with Gasteiger partial charge in [0.05, 0.1) is 32.1 Å². The summed E-state index contributed by atoms with van der Waals surface area (Å²) < 4.78 is 12.3. The molecule has 0 radical (unpaired) electrons. The van der Waals surface area contributed by atoms with Gasteiger partial charge in [0, 0.05) is 16.6 Å². The van der Waals surface area contributed by atoms with Crippen LogP contribution in [0.4, 0.5) is 11.4 Å². The molecule has 0 aliphatic heterocycles. The molecule has 0 spiro atoms. The summed E-state index contributed by atoms with van der Waals surface area (Å²) in [7, 11) is -1.45. The van der Waals surface area contributed by atoms with Crippen LogP contribution in [0.3, 0.4) is 0 Å². The molecular formula is C13H11ClN2O3S. The number of halogens is 1. The Morgan fingerprint density at radius 2 is 1.95 bits per heavy atom. The summed E-state index contributed by atoms with van der Waals surface area (Å²) in [6, 6.07) is 11.0. The van der Waals surface area contributed by atoms with Crippen LogP contribution in [0.5, 0.6) is 0 Å². The van der Waals surface area contributed by atoms with Crippen molar-refractivity contribution in [1.82, 2.24) is 0 Å². The van der Waals surface area contributed by atoms with E-state index in [4.69, 9.17) is 17.3 Å². The minimum Gasteiger partial charge on any atom is -0.399 e. The van der Waals surface area contributed by atoms with Crippen LogP contribution in [0.1, 0.15) is 5.56 Å². The Hall–Kier alpha value is -1.92. The quantitative estimate of drug-likeness (QED) is 0.534. The molecule has 0 aromatic heterocycles. The predicted molar refractivity (Wildman–Crippen MR) is 79.1 cm³/mol. The molecular weight excluding hydrogens is 300 g/mol. The zero-order valence-electron chi connectivity index (χ0n) is 10.3. The SMILES string of the molecule is Nc1cccc(S(=O)Cc2c(Cl)cccc2[N+](=O)[O-])c1. The van der Waals surface area contributed by atoms with Crippen LogP contribution >= 0.6 is 11.6 Å². The first-order valence-corrected chi connectivity index (χ1v) is 7.34. The Balaban J connectivity index is 2.35. The van der Waals surface area contributed by atoms with E-state index in [9.17, 15) is 14.3 Å². The van der Waals surface area contributed by atoms with E-state index >= 15 is 0 Å². The lowest BCUT2D eigenvalue weighted by Gasteiger charge is -2.06. The van der Waals surface area contributed by atoms with Crippen molar-refractivity contribution in [2.75, 3.05) is 5.73 Å². The van der Waals surface area contributed by atoms with Crippen molar-refractivity contribution in [2.45, 2.75) is 10.6 Å². The highest BCUT2D eigenvalue weighted by Crippen LogP contribution is 2.29. The van der Waals surface area contributed by atoms with Crippen molar-refractivity contribution in [3.63, 3.8) is 0 Å². The predicted octanol–water partition coefficient (Wildman–Crippen LogP) is 3.14. The fourth-order valence-electron chi connectivity index (χ4n) is 1.73. The van der Waals surface area contributed by atoms with Gasteiger partial charge in [0.1, 0.15) is 0 Å². The highest BCUT2D eigenvalue weighted by molar-refractivity contribution is 7.84. The maximum atomic E-state index is 12.3. The van der Waals surface area contributed by atoms with Gasteiger partial charge in [0.2, 0.25) is 0 Å². The molecule has 0 aliphatic carbocycles. The van der Waals surface area contributed by atoms with Gasteiger partial charge in [-0.25, -0.2) is 0 Å². The summed E-state index contributed by atoms with van der Waals surface area (Å²) in [5.74, 6) is -0.0283. The summed E-state index contributed by atoms with van der Waals surface area (Å²) in [6.07, 6.45) is 0. The van der Waals surface area contributed by atoms with Crippen LogP contribution in [0, 0.1) is 10.1 Å². The molecule has 1 unspecified atom stereocenters. The fraction of sp³-hybridized carbons (Fsp3) is 0.0769. The van der Waals surface area contributed by atoms with Crippen LogP contribution in [0.15, 0.2) is 47.4 Å². The largest absolute Gasteiger partial charge is 0.399 e. The van der Waals surface area contributed by atoms with Gasteiger partial charge in [-0.3, -0.25) is 14.3 Å². The third-order valence-corrected chi connectivity index (χ3v) is 4.37. The molecule has 2 N–H and O–H groups in total. The monoisotopic (exact) mass is 310 g/mol. The standard InChI is InChI=1S/C13H11ClN2O3S/c14-12-5-2-6-13(16(17)18)11(12)8-20(19)10-4-1-3-9(15)7-10/h1-7H,8,15H2. The molecule has 0 heterocycles. The van der Waals surface area contributed by atoms with E-state index < -0.39 is 15.7 Å². The first-order valence-electron chi connectivity index (χ1n) is 5.64. The number of nitro benzene ring substituents is 1. The average Bonchev–Trinajstić information content (AvgIpc) is 2.40. The van der Waals surface area contributed by atoms with Crippen molar-refractivity contribution < 1.29 is 9.13 Å². The number of benzene rings is 2. The van der Waals surface area contributed by atoms with Gasteiger partial charge in [-0.1, -0.05) is 23.7 Å². The molecule has 1 atom stereocenters. The lowest BCUT2D eigenvalue weighted by atomic mass is 10.2. The summed E-state index contributed by atoms with van der Waals surface area (Å²) in [6.45, 7) is 0. The van der Waals surface area contributed by atoms with E-state index in [1.54, 1.807) is 30.3 Å². The third kappa shape index (κ3) is 3.15. The third-order valence-electron chi connectivity index (χ3n) is 2.69. The molecule has 0 amide bonds. The average molecular weight is 311 g/mol. The second kappa shape index (κ2) is 6.02. The molecule has 7 heteroatoms. The van der Waals surface area contributed by atoms with Gasteiger partial charge in [-0.05, 0) is 24.3 Å². The maximum Gasteiger partial charge on any atom is 0.275 e. The molecule has 0 saturated carbocycles. The van der Waals surface area contributed by atoms with Gasteiger partial charge in [-0.15, -0.1) is 0 Å². The molecule has 20 heavy (non-hydrogen) atoms. The van der Waals surface area contributed by atoms with Crippen LogP contribution in [0.2, 0.25) is 5.02 Å². The molecule has 0 bridgehead atoms. The second-order valence-corrected chi connectivity index (χ2v) is 5.92. The number of hydrogen-bond donors (Lipinski definition) is 1. The van der Waals surface area contributed by atoms with Crippen molar-refractivity contribution >= 4 is 33.8 Å². The number of nitrogens with zero attached hydrogens (tertiary/aromatic N) is 1. The molecule has 2 aromatic rings. The number of nitrogens with two attached hydrogens (primary N) is 1. The minimum absolute atomic E-state index is 0.0283. The molecule has 104 valence electrons. The van der Waals surface area contributed by atoms with Crippen molar-refractivity contribution in [1.29, 1.82) is 0 Å². The Morgan fingerprint density at radius 3 is 2.60 bits per heavy atom. The van der Waals surface area contributed by atoms with E-state index in [1.807, 2.05) is 0 Å². The zero-order valence-corrected chi connectivity index (χ0v) is 11.9. The van der Waals surface area contributed by atoms with Crippen molar-refractivity contribution in [3.8, 4) is 0 Å². The lowest BCUT2D eigenvalue weighted by Crippen LogP contribution is -2.02. The van der Waals surface area contributed by atoms with Crippen LogP contribution in [-0.4, -0.2) is 9.13 Å². The van der Waals surface area contributed by atoms with Crippen LogP contribution in [0.25, 0.3) is 0 Å². The Labute approximate surface area is 123 Å². The van der Waals surface area contributed by atoms with E-state index in [0.29, 0.717) is 10.6 Å². The molecule has 0 saturated heterocycles. The van der Waals surface area contributed by atoms with Gasteiger partial charge < -0.3 is 5.73 Å². The molecule has 2 aromatic carbocycles. The van der Waals surface area contributed by atoms with E-state index in [1.165, 1.54) is 12.1 Å². The zero-order chi connectivity index (χ0) is 14.7. The van der Waals surface area contributed by atoms with Crippen LogP contribution in [-0.2, 0) is 16.6 Å². The number of rotatable bonds is 4. The van der Waals surface area contributed by atoms with Crippen molar-refractivity contribution in [3.05, 3.63) is 63.2 Å². The summed E-state index contributed by atoms with van der Waals surface area (Å²) in [5.41, 5.74) is 6.25. The van der Waals surface area contributed by atoms with E-state index in [2.05, 4.69) is 0 Å². The fourth-order valence-corrected chi connectivity index (χ4v) is 3.28.